The van der Waals surface area contributed by atoms with Gasteiger partial charge in [0.15, 0.2) is 0 Å². The topological polar surface area (TPSA) is 55.6 Å². The summed E-state index contributed by atoms with van der Waals surface area (Å²) < 4.78 is 7.74. The van der Waals surface area contributed by atoms with E-state index in [1.54, 1.807) is 30.3 Å². The molecule has 0 radical (unpaired) electrons. The van der Waals surface area contributed by atoms with Crippen molar-refractivity contribution in [1.29, 1.82) is 0 Å². The molecule has 5 nitrogen and oxygen atoms in total. The van der Waals surface area contributed by atoms with Gasteiger partial charge in [0.05, 0.1) is 5.69 Å². The van der Waals surface area contributed by atoms with Gasteiger partial charge in [-0.25, -0.2) is 4.98 Å². The van der Waals surface area contributed by atoms with Gasteiger partial charge >= 0.3 is 0 Å². The number of benzene rings is 1. The van der Waals surface area contributed by atoms with Gasteiger partial charge in [-0.2, -0.15) is 0 Å². The van der Waals surface area contributed by atoms with Crippen molar-refractivity contribution in [3.8, 4) is 5.75 Å². The average molecular weight is 321 g/mol. The van der Waals surface area contributed by atoms with Gasteiger partial charge in [-0.1, -0.05) is 12.1 Å². The quantitative estimate of drug-likeness (QED) is 0.710. The number of ether oxygens (including phenoxy) is 1. The molecule has 0 spiro atoms. The van der Waals surface area contributed by atoms with Gasteiger partial charge in [-0.15, -0.1) is 6.58 Å². The first-order valence-electron chi connectivity index (χ1n) is 7.72. The molecule has 0 fully saturated rings. The highest BCUT2D eigenvalue weighted by Gasteiger charge is 2.06. The third kappa shape index (κ3) is 3.46. The maximum atomic E-state index is 11.8. The number of carbonyl (C=O) groups is 1. The summed E-state index contributed by atoms with van der Waals surface area (Å²) in [6.45, 7) is 6.43. The summed E-state index contributed by atoms with van der Waals surface area (Å²) in [6, 6.07) is 11.1. The van der Waals surface area contributed by atoms with E-state index in [4.69, 9.17) is 4.74 Å². The molecule has 3 aromatic rings. The largest absolute Gasteiger partial charge is 0.487 e. The lowest BCUT2D eigenvalue weighted by molar-refractivity contribution is 0.0958. The number of imidazole rings is 1. The number of aryl methyl sites for hydroxylation is 1. The average Bonchev–Trinajstić information content (AvgIpc) is 3.03. The number of fused-ring (bicyclic) bond motifs is 1. The van der Waals surface area contributed by atoms with Crippen molar-refractivity contribution >= 4 is 11.6 Å². The third-order valence-corrected chi connectivity index (χ3v) is 3.64. The number of nitrogens with one attached hydrogen (secondary N) is 1. The van der Waals surface area contributed by atoms with E-state index in [1.165, 1.54) is 0 Å². The number of amides is 1. The second-order valence-corrected chi connectivity index (χ2v) is 5.47. The van der Waals surface area contributed by atoms with Crippen LogP contribution in [0.5, 0.6) is 5.75 Å². The number of carbonyl (C=O) groups excluding carboxylic acids is 1. The highest BCUT2D eigenvalue weighted by atomic mass is 16.5. The second kappa shape index (κ2) is 7.00. The van der Waals surface area contributed by atoms with Crippen LogP contribution in [0.25, 0.3) is 5.65 Å². The van der Waals surface area contributed by atoms with E-state index in [0.29, 0.717) is 24.5 Å². The number of aromatic nitrogens is 2. The molecule has 0 atom stereocenters. The van der Waals surface area contributed by atoms with Crippen molar-refractivity contribution in [3.63, 3.8) is 0 Å². The molecule has 1 N–H and O–H groups in total. The summed E-state index contributed by atoms with van der Waals surface area (Å²) in [5.74, 6) is 0.571. The lowest BCUT2D eigenvalue weighted by Crippen LogP contribution is -2.22. The molecule has 0 bridgehead atoms. The molecule has 0 aliphatic rings. The van der Waals surface area contributed by atoms with E-state index >= 15 is 0 Å². The van der Waals surface area contributed by atoms with Crippen molar-refractivity contribution in [3.05, 3.63) is 78.3 Å². The van der Waals surface area contributed by atoms with Crippen LogP contribution in [-0.4, -0.2) is 21.8 Å². The fourth-order valence-electron chi connectivity index (χ4n) is 2.40. The van der Waals surface area contributed by atoms with E-state index in [-0.39, 0.29) is 5.91 Å². The minimum atomic E-state index is -0.128. The zero-order valence-corrected chi connectivity index (χ0v) is 13.5. The molecule has 5 heteroatoms. The summed E-state index contributed by atoms with van der Waals surface area (Å²) in [5, 5.41) is 2.74. The fraction of sp³-hybridized carbons (Fsp3) is 0.158. The molecule has 24 heavy (non-hydrogen) atoms. The Morgan fingerprint density at radius 3 is 2.83 bits per heavy atom. The van der Waals surface area contributed by atoms with E-state index in [9.17, 15) is 4.79 Å². The number of hydrogen-bond acceptors (Lipinski definition) is 3. The first-order chi connectivity index (χ1) is 11.7. The van der Waals surface area contributed by atoms with E-state index < -0.39 is 0 Å². The molecule has 1 aromatic carbocycles. The van der Waals surface area contributed by atoms with Crippen molar-refractivity contribution in [2.45, 2.75) is 13.5 Å². The first-order valence-corrected chi connectivity index (χ1v) is 7.72. The van der Waals surface area contributed by atoms with Crippen molar-refractivity contribution in [2.24, 2.45) is 0 Å². The van der Waals surface area contributed by atoms with Crippen LogP contribution >= 0.6 is 0 Å². The van der Waals surface area contributed by atoms with Crippen LogP contribution in [0.15, 0.2) is 61.4 Å². The molecule has 0 unspecified atom stereocenters. The predicted octanol–water partition coefficient (Wildman–Crippen LogP) is 3.14. The van der Waals surface area contributed by atoms with E-state index in [1.807, 2.05) is 35.9 Å². The normalized spacial score (nSPS) is 10.5. The lowest BCUT2D eigenvalue weighted by Gasteiger charge is -2.06. The van der Waals surface area contributed by atoms with Gasteiger partial charge in [0, 0.05) is 24.5 Å². The molecule has 0 aliphatic carbocycles. The second-order valence-electron chi connectivity index (χ2n) is 5.47. The molecule has 2 aromatic heterocycles. The Labute approximate surface area is 140 Å². The highest BCUT2D eigenvalue weighted by Crippen LogP contribution is 2.15. The zero-order chi connectivity index (χ0) is 16.9. The summed E-state index contributed by atoms with van der Waals surface area (Å²) >= 11 is 0. The molecular weight excluding hydrogens is 302 g/mol. The fourth-order valence-corrected chi connectivity index (χ4v) is 2.40. The van der Waals surface area contributed by atoms with Crippen molar-refractivity contribution in [2.75, 3.05) is 6.54 Å². The van der Waals surface area contributed by atoms with Crippen LogP contribution in [0, 0.1) is 6.92 Å². The van der Waals surface area contributed by atoms with E-state index in [2.05, 4.69) is 16.9 Å². The van der Waals surface area contributed by atoms with E-state index in [0.717, 1.165) is 16.9 Å². The Morgan fingerprint density at radius 1 is 1.33 bits per heavy atom. The van der Waals surface area contributed by atoms with Crippen LogP contribution in [0.4, 0.5) is 0 Å². The molecule has 3 rings (SSSR count). The monoisotopic (exact) mass is 321 g/mol. The molecule has 2 heterocycles. The van der Waals surface area contributed by atoms with Crippen LogP contribution in [0.2, 0.25) is 0 Å². The van der Waals surface area contributed by atoms with Gasteiger partial charge in [-0.05, 0) is 42.8 Å². The van der Waals surface area contributed by atoms with Crippen molar-refractivity contribution in [1.82, 2.24) is 14.7 Å². The predicted molar refractivity (Wildman–Crippen MR) is 93.2 cm³/mol. The van der Waals surface area contributed by atoms with Crippen LogP contribution in [0.3, 0.4) is 0 Å². The molecule has 0 aliphatic heterocycles. The minimum Gasteiger partial charge on any atom is -0.487 e. The number of pyridine rings is 1. The number of rotatable bonds is 6. The highest BCUT2D eigenvalue weighted by molar-refractivity contribution is 5.94. The molecule has 0 saturated carbocycles. The molecule has 122 valence electrons. The summed E-state index contributed by atoms with van der Waals surface area (Å²) in [6.07, 6.45) is 5.57. The summed E-state index contributed by atoms with van der Waals surface area (Å²) in [5.41, 5.74) is 3.51. The van der Waals surface area contributed by atoms with Gasteiger partial charge in [0.1, 0.15) is 18.0 Å². The molecular formula is C19H19N3O2. The Bertz CT molecular complexity index is 866. The van der Waals surface area contributed by atoms with Crippen molar-refractivity contribution < 1.29 is 9.53 Å². The zero-order valence-electron chi connectivity index (χ0n) is 13.5. The Morgan fingerprint density at radius 2 is 2.12 bits per heavy atom. The molecule has 0 saturated heterocycles. The van der Waals surface area contributed by atoms with Crippen LogP contribution < -0.4 is 10.1 Å². The summed E-state index contributed by atoms with van der Waals surface area (Å²) in [7, 11) is 0. The maximum Gasteiger partial charge on any atom is 0.251 e. The number of hydrogen-bond donors (Lipinski definition) is 1. The SMILES string of the molecule is C=CCNC(=O)c1ccc(OCc2cn3cccc(C)c3n2)cc1. The first kappa shape index (κ1) is 15.8. The van der Waals surface area contributed by atoms with Gasteiger partial charge in [-0.3, -0.25) is 4.79 Å². The van der Waals surface area contributed by atoms with Crippen LogP contribution in [-0.2, 0) is 6.61 Å². The van der Waals surface area contributed by atoms with Gasteiger partial charge in [0.25, 0.3) is 5.91 Å². The number of nitrogens with zero attached hydrogens (tertiary/aromatic N) is 2. The van der Waals surface area contributed by atoms with Gasteiger partial charge in [0.2, 0.25) is 0 Å². The third-order valence-electron chi connectivity index (χ3n) is 3.64. The van der Waals surface area contributed by atoms with Crippen LogP contribution in [0.1, 0.15) is 21.6 Å². The summed E-state index contributed by atoms with van der Waals surface area (Å²) in [4.78, 5) is 16.4. The Balaban J connectivity index is 1.64. The Kier molecular flexibility index (Phi) is 4.61. The molecule has 1 amide bonds. The van der Waals surface area contributed by atoms with Gasteiger partial charge < -0.3 is 14.5 Å². The smallest absolute Gasteiger partial charge is 0.251 e. The Hall–Kier alpha value is -3.08. The minimum absolute atomic E-state index is 0.128. The standard InChI is InChI=1S/C19H19N3O2/c1-3-10-20-19(23)15-6-8-17(9-7-15)24-13-16-12-22-11-4-5-14(2)18(22)21-16/h3-9,11-12H,1,10,13H2,2H3,(H,20,23). The maximum absolute atomic E-state index is 11.8. The lowest BCUT2D eigenvalue weighted by atomic mass is 10.2.